The van der Waals surface area contributed by atoms with Gasteiger partial charge in [-0.2, -0.15) is 21.6 Å². The van der Waals surface area contributed by atoms with E-state index in [0.29, 0.717) is 11.5 Å². The number of halogens is 3. The molecule has 2 fully saturated rings. The number of ketones is 2. The normalized spacial score (nSPS) is 27.4. The fourth-order valence-electron chi connectivity index (χ4n) is 4.88. The molecule has 0 radical (unpaired) electrons. The minimum atomic E-state index is -6.08. The van der Waals surface area contributed by atoms with Crippen molar-refractivity contribution < 1.29 is 54.3 Å². The summed E-state index contributed by atoms with van der Waals surface area (Å²) in [6, 6.07) is 6.57. The Kier molecular flexibility index (Phi) is 6.70. The minimum absolute atomic E-state index is 0.0386. The molecule has 4 rings (SSSR count). The SMILES string of the molecule is C=C(COc1ccc(OC)cc1)C1(C)C(=O)CC2(CC1=O)C(OS(=O)(=O)C(F)(F)F)=CCC21OCCO1. The highest BCUT2D eigenvalue weighted by atomic mass is 32.2. The number of ether oxygens (including phenoxy) is 4. The van der Waals surface area contributed by atoms with Gasteiger partial charge in [-0.05, 0) is 42.8 Å². The van der Waals surface area contributed by atoms with E-state index < -0.39 is 62.4 Å². The third kappa shape index (κ3) is 4.32. The number of carbonyl (C=O) groups excluding carboxylic acids is 2. The lowest BCUT2D eigenvalue weighted by Crippen LogP contribution is -2.58. The number of rotatable bonds is 7. The van der Waals surface area contributed by atoms with Crippen molar-refractivity contribution in [2.45, 2.75) is 37.5 Å². The minimum Gasteiger partial charge on any atom is -0.497 e. The lowest BCUT2D eigenvalue weighted by Gasteiger charge is -2.48. The van der Waals surface area contributed by atoms with Crippen LogP contribution in [-0.4, -0.2) is 58.2 Å². The average Bonchev–Trinajstić information content (AvgIpc) is 3.42. The Morgan fingerprint density at radius 2 is 1.59 bits per heavy atom. The predicted octanol–water partition coefficient (Wildman–Crippen LogP) is 3.45. The van der Waals surface area contributed by atoms with Gasteiger partial charge in [-0.15, -0.1) is 0 Å². The lowest BCUT2D eigenvalue weighted by molar-refractivity contribution is -0.229. The number of hydrogen-bond donors (Lipinski definition) is 0. The van der Waals surface area contributed by atoms with Crippen molar-refractivity contribution in [1.82, 2.24) is 0 Å². The fraction of sp³-hybridized carbons (Fsp3) is 0.500. The molecular weight excluding hydrogens is 521 g/mol. The van der Waals surface area contributed by atoms with Crippen LogP contribution in [0.3, 0.4) is 0 Å². The molecule has 0 amide bonds. The van der Waals surface area contributed by atoms with E-state index in [-0.39, 0.29) is 31.8 Å². The van der Waals surface area contributed by atoms with Crippen molar-refractivity contribution in [1.29, 1.82) is 0 Å². The third-order valence-corrected chi connectivity index (χ3v) is 8.18. The summed E-state index contributed by atoms with van der Waals surface area (Å²) in [5.74, 6) is -2.79. The van der Waals surface area contributed by atoms with Crippen molar-refractivity contribution in [3.8, 4) is 11.5 Å². The molecule has 1 aromatic rings. The number of carbonyl (C=O) groups is 2. The summed E-state index contributed by atoms with van der Waals surface area (Å²) in [4.78, 5) is 27.1. The summed E-state index contributed by atoms with van der Waals surface area (Å²) < 4.78 is 89.5. The van der Waals surface area contributed by atoms with E-state index in [1.165, 1.54) is 14.0 Å². The van der Waals surface area contributed by atoms with Crippen molar-refractivity contribution in [3.63, 3.8) is 0 Å². The number of fused-ring (bicyclic) bond motifs is 1. The molecule has 1 aliphatic heterocycles. The molecule has 1 aromatic carbocycles. The van der Waals surface area contributed by atoms with Crippen LogP contribution in [0.4, 0.5) is 13.2 Å². The maximum Gasteiger partial charge on any atom is 0.534 e. The highest BCUT2D eigenvalue weighted by Gasteiger charge is 2.69. The number of hydrogen-bond acceptors (Lipinski definition) is 9. The molecule has 0 N–H and O–H groups in total. The molecule has 202 valence electrons. The highest BCUT2D eigenvalue weighted by Crippen LogP contribution is 2.61. The van der Waals surface area contributed by atoms with Crippen LogP contribution in [0.25, 0.3) is 0 Å². The molecule has 0 unspecified atom stereocenters. The van der Waals surface area contributed by atoms with E-state index in [4.69, 9.17) is 18.9 Å². The van der Waals surface area contributed by atoms with Crippen LogP contribution in [0.1, 0.15) is 26.2 Å². The summed E-state index contributed by atoms with van der Waals surface area (Å²) in [5.41, 5.74) is -9.23. The molecule has 9 nitrogen and oxygen atoms in total. The quantitative estimate of drug-likeness (QED) is 0.220. The van der Waals surface area contributed by atoms with Gasteiger partial charge in [0, 0.05) is 19.3 Å². The first-order valence-electron chi connectivity index (χ1n) is 11.2. The first-order valence-corrected chi connectivity index (χ1v) is 12.6. The Balaban J connectivity index is 1.60. The zero-order valence-corrected chi connectivity index (χ0v) is 20.9. The smallest absolute Gasteiger partial charge is 0.497 e. The molecule has 3 aliphatic rings. The molecule has 0 bridgehead atoms. The van der Waals surface area contributed by atoms with Gasteiger partial charge in [0.1, 0.15) is 29.3 Å². The first-order chi connectivity index (χ1) is 17.2. The lowest BCUT2D eigenvalue weighted by atomic mass is 9.58. The average molecular weight is 547 g/mol. The van der Waals surface area contributed by atoms with Gasteiger partial charge in [0.25, 0.3) is 0 Å². The second-order valence-corrected chi connectivity index (χ2v) is 10.7. The second kappa shape index (κ2) is 9.14. The van der Waals surface area contributed by atoms with Crippen molar-refractivity contribution in [2.24, 2.45) is 10.8 Å². The van der Waals surface area contributed by atoms with Gasteiger partial charge < -0.3 is 23.1 Å². The summed E-state index contributed by atoms with van der Waals surface area (Å²) in [6.07, 6.45) is -0.278. The van der Waals surface area contributed by atoms with Crippen LogP contribution >= 0.6 is 0 Å². The van der Waals surface area contributed by atoms with E-state index in [0.717, 1.165) is 6.08 Å². The van der Waals surface area contributed by atoms with Crippen LogP contribution in [0.15, 0.2) is 48.3 Å². The number of benzene rings is 1. The first kappa shape index (κ1) is 27.1. The van der Waals surface area contributed by atoms with E-state index in [1.54, 1.807) is 24.3 Å². The van der Waals surface area contributed by atoms with Crippen LogP contribution < -0.4 is 9.47 Å². The van der Waals surface area contributed by atoms with Crippen LogP contribution in [0.2, 0.25) is 0 Å². The van der Waals surface area contributed by atoms with Crippen molar-refractivity contribution in [2.75, 3.05) is 26.9 Å². The zero-order chi connectivity index (χ0) is 27.3. The van der Waals surface area contributed by atoms with Gasteiger partial charge >= 0.3 is 15.6 Å². The Hall–Kier alpha value is -2.90. The Morgan fingerprint density at radius 1 is 1.05 bits per heavy atom. The fourth-order valence-corrected chi connectivity index (χ4v) is 5.44. The largest absolute Gasteiger partial charge is 0.534 e. The van der Waals surface area contributed by atoms with Gasteiger partial charge in [-0.1, -0.05) is 6.58 Å². The molecule has 0 atom stereocenters. The van der Waals surface area contributed by atoms with Crippen LogP contribution in [0, 0.1) is 10.8 Å². The number of Topliss-reactive ketones (excluding diaryl/α,β-unsaturated/α-hetero) is 2. The summed E-state index contributed by atoms with van der Waals surface area (Å²) in [6.45, 7) is 5.11. The molecule has 37 heavy (non-hydrogen) atoms. The maximum absolute atomic E-state index is 13.6. The Labute approximate surface area is 211 Å². The molecular formula is C24H25F3O9S. The van der Waals surface area contributed by atoms with Crippen LogP contribution in [-0.2, 0) is 33.4 Å². The Bertz CT molecular complexity index is 1230. The highest BCUT2D eigenvalue weighted by molar-refractivity contribution is 7.87. The van der Waals surface area contributed by atoms with Gasteiger partial charge in [-0.3, -0.25) is 9.59 Å². The zero-order valence-electron chi connectivity index (χ0n) is 20.1. The molecule has 2 spiro atoms. The molecule has 0 aromatic heterocycles. The van der Waals surface area contributed by atoms with E-state index >= 15 is 0 Å². The van der Waals surface area contributed by atoms with Gasteiger partial charge in [0.05, 0.1) is 25.7 Å². The molecule has 1 heterocycles. The van der Waals surface area contributed by atoms with Crippen molar-refractivity contribution in [3.05, 3.63) is 48.3 Å². The number of alkyl halides is 3. The maximum atomic E-state index is 13.6. The van der Waals surface area contributed by atoms with Gasteiger partial charge in [0.15, 0.2) is 17.4 Å². The topological polar surface area (TPSA) is 114 Å². The van der Waals surface area contributed by atoms with E-state index in [9.17, 15) is 31.2 Å². The van der Waals surface area contributed by atoms with Gasteiger partial charge in [-0.25, -0.2) is 0 Å². The summed E-state index contributed by atoms with van der Waals surface area (Å²) >= 11 is 0. The Morgan fingerprint density at radius 3 is 2.11 bits per heavy atom. The molecule has 1 saturated carbocycles. The molecule has 2 aliphatic carbocycles. The third-order valence-electron chi connectivity index (χ3n) is 7.21. The predicted molar refractivity (Wildman–Crippen MR) is 121 cm³/mol. The standard InChI is InChI=1S/C24H25F3O9S/c1-15(14-33-17-6-4-16(32-3)5-7-17)21(2)18(28)12-22(13-19(21)29)20(36-37(30,31)24(25,26)27)8-9-23(22)34-10-11-35-23/h4-8H,1,9-14H2,2-3H3. The summed E-state index contributed by atoms with van der Waals surface area (Å²) in [5, 5.41) is 0. The summed E-state index contributed by atoms with van der Waals surface area (Å²) in [7, 11) is -4.57. The molecule has 13 heteroatoms. The van der Waals surface area contributed by atoms with Crippen LogP contribution in [0.5, 0.6) is 11.5 Å². The van der Waals surface area contributed by atoms with E-state index in [2.05, 4.69) is 10.8 Å². The van der Waals surface area contributed by atoms with Crippen molar-refractivity contribution >= 4 is 21.7 Å². The number of methoxy groups -OCH3 is 1. The monoisotopic (exact) mass is 546 g/mol. The van der Waals surface area contributed by atoms with Gasteiger partial charge in [0.2, 0.25) is 0 Å². The molecule has 1 saturated heterocycles. The van der Waals surface area contributed by atoms with E-state index in [1.807, 2.05) is 0 Å². The second-order valence-electron chi connectivity index (χ2n) is 9.18.